The Labute approximate surface area is 307 Å². The lowest BCUT2D eigenvalue weighted by molar-refractivity contribution is 0.670. The Kier molecular flexibility index (Phi) is 5.78. The molecule has 0 aliphatic rings. The van der Waals surface area contributed by atoms with Crippen molar-refractivity contribution in [2.45, 2.75) is 0 Å². The number of aromatic nitrogens is 2. The summed E-state index contributed by atoms with van der Waals surface area (Å²) in [5, 5.41) is 8.84. The molecule has 5 nitrogen and oxygen atoms in total. The van der Waals surface area contributed by atoms with Crippen molar-refractivity contribution in [1.82, 2.24) is 9.13 Å². The average molecular weight is 690 g/mol. The standard InChI is InChI=1S/C49H27N3O2/c1-50-30-26-29(27-31(28-30)51-42-18-8-3-13-33(42)37-22-24-39-35-15-5-10-20-44(35)53-48(39)46(37)51)32-12-2-7-17-41(32)52-43-19-9-4-14-34(43)38-23-25-40-36-16-6-11-21-45(36)54-49(40)47(38)52/h2-28H. The van der Waals surface area contributed by atoms with E-state index in [0.717, 1.165) is 110 Å². The van der Waals surface area contributed by atoms with E-state index in [9.17, 15) is 0 Å². The summed E-state index contributed by atoms with van der Waals surface area (Å²) in [7, 11) is 0. The summed E-state index contributed by atoms with van der Waals surface area (Å²) >= 11 is 0. The first-order chi connectivity index (χ1) is 26.7. The number of hydrogen-bond donors (Lipinski definition) is 0. The Bertz CT molecular complexity index is 3590. The molecule has 0 radical (unpaired) electrons. The molecule has 0 aliphatic carbocycles. The lowest BCUT2D eigenvalue weighted by atomic mass is 10.0. The topological polar surface area (TPSA) is 40.5 Å². The Morgan fingerprint density at radius 2 is 0.926 bits per heavy atom. The summed E-state index contributed by atoms with van der Waals surface area (Å²) in [6.45, 7) is 8.29. The van der Waals surface area contributed by atoms with Crippen LogP contribution in [-0.2, 0) is 0 Å². The largest absolute Gasteiger partial charge is 0.454 e. The molecular formula is C49H27N3O2. The quantitative estimate of drug-likeness (QED) is 0.173. The van der Waals surface area contributed by atoms with Gasteiger partial charge >= 0.3 is 0 Å². The molecule has 0 atom stereocenters. The predicted octanol–water partition coefficient (Wildman–Crippen LogP) is 13.9. The fraction of sp³-hybridized carbons (Fsp3) is 0. The van der Waals surface area contributed by atoms with E-state index in [2.05, 4.69) is 141 Å². The molecule has 5 heteroatoms. The molecule has 0 saturated heterocycles. The molecule has 0 bridgehead atoms. The number of para-hydroxylation sites is 5. The van der Waals surface area contributed by atoms with Gasteiger partial charge < -0.3 is 18.0 Å². The van der Waals surface area contributed by atoms with Crippen molar-refractivity contribution in [2.75, 3.05) is 0 Å². The number of fused-ring (bicyclic) bond motifs is 14. The van der Waals surface area contributed by atoms with Gasteiger partial charge in [-0.1, -0.05) is 103 Å². The number of nitrogens with zero attached hydrogens (tertiary/aromatic N) is 3. The van der Waals surface area contributed by atoms with Gasteiger partial charge in [-0.3, -0.25) is 0 Å². The average Bonchev–Trinajstić information content (AvgIpc) is 3.98. The van der Waals surface area contributed by atoms with Crippen molar-refractivity contribution in [3.63, 3.8) is 0 Å². The first-order valence-corrected chi connectivity index (χ1v) is 18.0. The highest BCUT2D eigenvalue weighted by molar-refractivity contribution is 6.23. The van der Waals surface area contributed by atoms with Gasteiger partial charge in [-0.2, -0.15) is 0 Å². The van der Waals surface area contributed by atoms with Crippen LogP contribution in [0.4, 0.5) is 5.69 Å². The van der Waals surface area contributed by atoms with Crippen LogP contribution in [0, 0.1) is 6.57 Å². The first-order valence-electron chi connectivity index (χ1n) is 18.0. The first kappa shape index (κ1) is 29.1. The second-order valence-corrected chi connectivity index (χ2v) is 13.9. The van der Waals surface area contributed by atoms with Crippen molar-refractivity contribution in [3.05, 3.63) is 175 Å². The predicted molar refractivity (Wildman–Crippen MR) is 221 cm³/mol. The molecule has 0 aliphatic heterocycles. The SMILES string of the molecule is [C-]#[N+]c1cc(-c2ccccc2-n2c3ccccc3c3ccc4c5ccccc5oc4c32)cc(-n2c3ccccc3c3ccc4c5ccccc5oc4c32)c1. The molecule has 0 saturated carbocycles. The maximum Gasteiger partial charge on any atom is 0.189 e. The van der Waals surface area contributed by atoms with Crippen LogP contribution in [0.2, 0.25) is 0 Å². The Balaban J connectivity index is 1.17. The molecule has 0 N–H and O–H groups in total. The molecular weight excluding hydrogens is 663 g/mol. The molecule has 0 amide bonds. The van der Waals surface area contributed by atoms with E-state index in [4.69, 9.17) is 15.4 Å². The molecule has 8 aromatic carbocycles. The Morgan fingerprint density at radius 3 is 1.56 bits per heavy atom. The second kappa shape index (κ2) is 10.7. The summed E-state index contributed by atoms with van der Waals surface area (Å²) in [5.41, 5.74) is 12.0. The van der Waals surface area contributed by atoms with Crippen LogP contribution in [0.15, 0.2) is 173 Å². The fourth-order valence-electron chi connectivity index (χ4n) is 8.84. The third-order valence-electron chi connectivity index (χ3n) is 11.1. The maximum absolute atomic E-state index is 8.29. The fourth-order valence-corrected chi connectivity index (χ4v) is 8.84. The van der Waals surface area contributed by atoms with Crippen molar-refractivity contribution >= 4 is 93.2 Å². The second-order valence-electron chi connectivity index (χ2n) is 13.9. The molecule has 12 rings (SSSR count). The van der Waals surface area contributed by atoms with Crippen LogP contribution < -0.4 is 0 Å². The summed E-state index contributed by atoms with van der Waals surface area (Å²) < 4.78 is 17.9. The highest BCUT2D eigenvalue weighted by atomic mass is 16.3. The van der Waals surface area contributed by atoms with Crippen LogP contribution in [0.3, 0.4) is 0 Å². The van der Waals surface area contributed by atoms with Crippen LogP contribution >= 0.6 is 0 Å². The summed E-state index contributed by atoms with van der Waals surface area (Å²) in [6, 6.07) is 56.9. The van der Waals surface area contributed by atoms with E-state index in [-0.39, 0.29) is 0 Å². The van der Waals surface area contributed by atoms with Gasteiger partial charge in [-0.25, -0.2) is 4.85 Å². The van der Waals surface area contributed by atoms with E-state index in [0.29, 0.717) is 5.69 Å². The van der Waals surface area contributed by atoms with Crippen molar-refractivity contribution in [1.29, 1.82) is 0 Å². The van der Waals surface area contributed by atoms with Gasteiger partial charge in [-0.15, -0.1) is 0 Å². The number of hydrogen-bond acceptors (Lipinski definition) is 2. The summed E-state index contributed by atoms with van der Waals surface area (Å²) in [5.74, 6) is 0. The molecule has 4 heterocycles. The molecule has 12 aromatic rings. The Morgan fingerprint density at radius 1 is 0.426 bits per heavy atom. The minimum absolute atomic E-state index is 0.557. The van der Waals surface area contributed by atoms with Crippen molar-refractivity contribution < 1.29 is 8.83 Å². The summed E-state index contributed by atoms with van der Waals surface area (Å²) in [6.07, 6.45) is 0. The zero-order valence-electron chi connectivity index (χ0n) is 28.7. The lowest BCUT2D eigenvalue weighted by Gasteiger charge is -2.16. The monoisotopic (exact) mass is 689 g/mol. The summed E-state index contributed by atoms with van der Waals surface area (Å²) in [4.78, 5) is 4.03. The van der Waals surface area contributed by atoms with Gasteiger partial charge in [0, 0.05) is 54.3 Å². The van der Waals surface area contributed by atoms with E-state index < -0.39 is 0 Å². The minimum Gasteiger partial charge on any atom is -0.454 e. The van der Waals surface area contributed by atoms with Gasteiger partial charge in [0.15, 0.2) is 16.9 Å². The molecule has 54 heavy (non-hydrogen) atoms. The third-order valence-corrected chi connectivity index (χ3v) is 11.1. The van der Waals surface area contributed by atoms with E-state index in [1.165, 1.54) is 0 Å². The van der Waals surface area contributed by atoms with Gasteiger partial charge in [0.25, 0.3) is 0 Å². The molecule has 0 spiro atoms. The zero-order chi connectivity index (χ0) is 35.5. The molecule has 0 fully saturated rings. The minimum atomic E-state index is 0.557. The maximum atomic E-state index is 8.29. The number of rotatable bonds is 3. The van der Waals surface area contributed by atoms with E-state index in [1.54, 1.807) is 0 Å². The zero-order valence-corrected chi connectivity index (χ0v) is 28.7. The smallest absolute Gasteiger partial charge is 0.189 e. The van der Waals surface area contributed by atoms with E-state index >= 15 is 0 Å². The molecule has 4 aromatic heterocycles. The van der Waals surface area contributed by atoms with Crippen molar-refractivity contribution in [3.8, 4) is 22.5 Å². The van der Waals surface area contributed by atoms with Crippen LogP contribution in [-0.4, -0.2) is 9.13 Å². The van der Waals surface area contributed by atoms with Gasteiger partial charge in [-0.05, 0) is 66.2 Å². The number of furan rings is 2. The Hall–Kier alpha value is -7.55. The lowest BCUT2D eigenvalue weighted by Crippen LogP contribution is -1.99. The van der Waals surface area contributed by atoms with Crippen molar-refractivity contribution in [2.24, 2.45) is 0 Å². The van der Waals surface area contributed by atoms with Gasteiger partial charge in [0.2, 0.25) is 0 Å². The highest BCUT2D eigenvalue weighted by Crippen LogP contribution is 2.44. The van der Waals surface area contributed by atoms with E-state index in [1.807, 2.05) is 36.4 Å². The molecule has 250 valence electrons. The molecule has 0 unspecified atom stereocenters. The third kappa shape index (κ3) is 3.86. The van der Waals surface area contributed by atoms with Crippen LogP contribution in [0.1, 0.15) is 0 Å². The van der Waals surface area contributed by atoms with Gasteiger partial charge in [0.05, 0.1) is 34.3 Å². The van der Waals surface area contributed by atoms with Crippen LogP contribution in [0.5, 0.6) is 0 Å². The highest BCUT2D eigenvalue weighted by Gasteiger charge is 2.23. The number of benzene rings is 8. The van der Waals surface area contributed by atoms with Gasteiger partial charge in [0.1, 0.15) is 11.2 Å². The van der Waals surface area contributed by atoms with Crippen LogP contribution in [0.25, 0.3) is 115 Å². The normalized spacial score (nSPS) is 12.1.